The molecule has 0 amide bonds. The number of benzene rings is 1. The predicted octanol–water partition coefficient (Wildman–Crippen LogP) is 1.26. The molecular formula is C12H16N4. The first kappa shape index (κ1) is 10.5. The highest BCUT2D eigenvalue weighted by Crippen LogP contribution is 2.24. The van der Waals surface area contributed by atoms with E-state index in [1.165, 1.54) is 16.5 Å². The first-order chi connectivity index (χ1) is 7.61. The van der Waals surface area contributed by atoms with E-state index in [2.05, 4.69) is 28.6 Å². The van der Waals surface area contributed by atoms with Crippen LogP contribution in [0.3, 0.4) is 0 Å². The van der Waals surface area contributed by atoms with E-state index in [1.807, 2.05) is 19.2 Å². The molecule has 0 aliphatic heterocycles. The summed E-state index contributed by atoms with van der Waals surface area (Å²) in [6.45, 7) is 2.62. The highest BCUT2D eigenvalue weighted by atomic mass is 15.0. The lowest BCUT2D eigenvalue weighted by molar-refractivity contribution is 0.839. The zero-order valence-corrected chi connectivity index (χ0v) is 9.57. The summed E-state index contributed by atoms with van der Waals surface area (Å²) in [7, 11) is 2.03. The van der Waals surface area contributed by atoms with E-state index in [4.69, 9.17) is 11.5 Å². The molecule has 0 spiro atoms. The molecule has 16 heavy (non-hydrogen) atoms. The Balaban J connectivity index is 2.57. The van der Waals surface area contributed by atoms with Crippen molar-refractivity contribution in [2.24, 2.45) is 23.5 Å². The summed E-state index contributed by atoms with van der Waals surface area (Å²) in [6, 6.07) is 8.29. The Morgan fingerprint density at radius 3 is 2.62 bits per heavy atom. The Morgan fingerprint density at radius 1 is 1.31 bits per heavy atom. The summed E-state index contributed by atoms with van der Waals surface area (Å²) in [5, 5.41) is 1.26. The molecule has 2 rings (SSSR count). The summed E-state index contributed by atoms with van der Waals surface area (Å²) >= 11 is 0. The van der Waals surface area contributed by atoms with E-state index in [1.54, 1.807) is 0 Å². The van der Waals surface area contributed by atoms with Crippen molar-refractivity contribution in [2.45, 2.75) is 13.5 Å². The third kappa shape index (κ3) is 1.62. The van der Waals surface area contributed by atoms with Gasteiger partial charge in [0.2, 0.25) is 0 Å². The third-order valence-corrected chi connectivity index (χ3v) is 2.92. The molecule has 1 aromatic heterocycles. The van der Waals surface area contributed by atoms with E-state index in [0.29, 0.717) is 6.54 Å². The van der Waals surface area contributed by atoms with Gasteiger partial charge in [0.1, 0.15) is 0 Å². The van der Waals surface area contributed by atoms with Crippen LogP contribution in [0.15, 0.2) is 29.3 Å². The Bertz CT molecular complexity index is 508. The fourth-order valence-electron chi connectivity index (χ4n) is 2.03. The molecule has 4 heteroatoms. The van der Waals surface area contributed by atoms with Crippen LogP contribution in [0.4, 0.5) is 0 Å². The van der Waals surface area contributed by atoms with Crippen molar-refractivity contribution >= 4 is 16.9 Å². The van der Waals surface area contributed by atoms with Crippen LogP contribution in [0.2, 0.25) is 0 Å². The summed E-state index contributed by atoms with van der Waals surface area (Å²) in [5.74, 6) is 0.129. The Kier molecular flexibility index (Phi) is 2.56. The number of aliphatic imine (C=N–C) groups is 1. The van der Waals surface area contributed by atoms with E-state index < -0.39 is 0 Å². The molecule has 0 saturated carbocycles. The van der Waals surface area contributed by atoms with Gasteiger partial charge < -0.3 is 16.0 Å². The van der Waals surface area contributed by atoms with E-state index >= 15 is 0 Å². The Morgan fingerprint density at radius 2 is 2.00 bits per heavy atom. The van der Waals surface area contributed by atoms with E-state index in [-0.39, 0.29) is 5.96 Å². The van der Waals surface area contributed by atoms with Gasteiger partial charge in [0.15, 0.2) is 5.96 Å². The standard InChI is InChI=1S/C12H16N4/c1-8-9-5-3-4-6-10(9)16(2)11(8)7-15-12(13)14/h3-6H,7H2,1-2H3,(H4,13,14,15). The molecule has 0 atom stereocenters. The molecule has 2 aromatic rings. The molecule has 4 nitrogen and oxygen atoms in total. The normalized spacial score (nSPS) is 10.6. The summed E-state index contributed by atoms with van der Waals surface area (Å²) < 4.78 is 2.14. The molecule has 0 saturated heterocycles. The fourth-order valence-corrected chi connectivity index (χ4v) is 2.03. The number of fused-ring (bicyclic) bond motifs is 1. The van der Waals surface area contributed by atoms with Gasteiger partial charge in [-0.05, 0) is 18.6 Å². The van der Waals surface area contributed by atoms with Crippen LogP contribution < -0.4 is 11.5 Å². The molecule has 0 radical (unpaired) electrons. The number of rotatable bonds is 2. The van der Waals surface area contributed by atoms with Gasteiger partial charge >= 0.3 is 0 Å². The smallest absolute Gasteiger partial charge is 0.186 e. The SMILES string of the molecule is Cc1c(CN=C(N)N)n(C)c2ccccc12. The van der Waals surface area contributed by atoms with Gasteiger partial charge in [-0.2, -0.15) is 0 Å². The largest absolute Gasteiger partial charge is 0.370 e. The minimum Gasteiger partial charge on any atom is -0.370 e. The van der Waals surface area contributed by atoms with Crippen molar-refractivity contribution in [3.63, 3.8) is 0 Å². The number of aryl methyl sites for hydroxylation is 2. The quantitative estimate of drug-likeness (QED) is 0.586. The monoisotopic (exact) mass is 216 g/mol. The van der Waals surface area contributed by atoms with Gasteiger partial charge in [-0.3, -0.25) is 0 Å². The zero-order chi connectivity index (χ0) is 11.7. The number of hydrogen-bond donors (Lipinski definition) is 2. The molecule has 0 aliphatic carbocycles. The van der Waals surface area contributed by atoms with Crippen LogP contribution in [0.25, 0.3) is 10.9 Å². The molecule has 1 aromatic carbocycles. The summed E-state index contributed by atoms with van der Waals surface area (Å²) in [5.41, 5.74) is 14.3. The van der Waals surface area contributed by atoms with Crippen LogP contribution in [-0.4, -0.2) is 10.5 Å². The van der Waals surface area contributed by atoms with Gasteiger partial charge in [-0.25, -0.2) is 4.99 Å². The maximum absolute atomic E-state index is 5.35. The average molecular weight is 216 g/mol. The minimum atomic E-state index is 0.129. The first-order valence-electron chi connectivity index (χ1n) is 5.19. The second kappa shape index (κ2) is 3.89. The second-order valence-corrected chi connectivity index (χ2v) is 3.89. The van der Waals surface area contributed by atoms with E-state index in [9.17, 15) is 0 Å². The molecule has 0 fully saturated rings. The molecule has 0 unspecified atom stereocenters. The molecule has 84 valence electrons. The Labute approximate surface area is 94.6 Å². The fraction of sp³-hybridized carbons (Fsp3) is 0.250. The lowest BCUT2D eigenvalue weighted by Gasteiger charge is -2.02. The number of nitrogens with two attached hydrogens (primary N) is 2. The zero-order valence-electron chi connectivity index (χ0n) is 9.57. The Hall–Kier alpha value is -1.97. The maximum Gasteiger partial charge on any atom is 0.186 e. The molecule has 4 N–H and O–H groups in total. The van der Waals surface area contributed by atoms with Crippen molar-refractivity contribution in [3.05, 3.63) is 35.5 Å². The predicted molar refractivity (Wildman–Crippen MR) is 67.2 cm³/mol. The first-order valence-corrected chi connectivity index (χ1v) is 5.19. The third-order valence-electron chi connectivity index (χ3n) is 2.92. The van der Waals surface area contributed by atoms with Gasteiger partial charge in [0.25, 0.3) is 0 Å². The summed E-state index contributed by atoms with van der Waals surface area (Å²) in [4.78, 5) is 4.06. The van der Waals surface area contributed by atoms with Crippen molar-refractivity contribution in [3.8, 4) is 0 Å². The van der Waals surface area contributed by atoms with Gasteiger partial charge in [0.05, 0.1) is 6.54 Å². The number of nitrogens with zero attached hydrogens (tertiary/aromatic N) is 2. The van der Waals surface area contributed by atoms with Crippen LogP contribution in [0.5, 0.6) is 0 Å². The van der Waals surface area contributed by atoms with Crippen molar-refractivity contribution in [1.82, 2.24) is 4.57 Å². The molecular weight excluding hydrogens is 200 g/mol. The minimum absolute atomic E-state index is 0.129. The maximum atomic E-state index is 5.35. The molecule has 0 aliphatic rings. The van der Waals surface area contributed by atoms with Crippen LogP contribution in [-0.2, 0) is 13.6 Å². The van der Waals surface area contributed by atoms with Crippen molar-refractivity contribution in [2.75, 3.05) is 0 Å². The van der Waals surface area contributed by atoms with Crippen LogP contribution in [0.1, 0.15) is 11.3 Å². The number of aromatic nitrogens is 1. The van der Waals surface area contributed by atoms with E-state index in [0.717, 1.165) is 5.69 Å². The van der Waals surface area contributed by atoms with Crippen molar-refractivity contribution in [1.29, 1.82) is 0 Å². The van der Waals surface area contributed by atoms with Gasteiger partial charge in [-0.15, -0.1) is 0 Å². The van der Waals surface area contributed by atoms with Gasteiger partial charge in [0, 0.05) is 23.6 Å². The van der Waals surface area contributed by atoms with Crippen molar-refractivity contribution < 1.29 is 0 Å². The molecule has 1 heterocycles. The highest BCUT2D eigenvalue weighted by Gasteiger charge is 2.09. The van der Waals surface area contributed by atoms with Crippen LogP contribution in [0, 0.1) is 6.92 Å². The van der Waals surface area contributed by atoms with Gasteiger partial charge in [-0.1, -0.05) is 18.2 Å². The summed E-state index contributed by atoms with van der Waals surface area (Å²) in [6.07, 6.45) is 0. The number of hydrogen-bond acceptors (Lipinski definition) is 1. The topological polar surface area (TPSA) is 69.3 Å². The number of guanidine groups is 1. The lowest BCUT2D eigenvalue weighted by atomic mass is 10.1. The lowest BCUT2D eigenvalue weighted by Crippen LogP contribution is -2.22. The van der Waals surface area contributed by atoms with Crippen LogP contribution >= 0.6 is 0 Å². The average Bonchev–Trinajstić information content (AvgIpc) is 2.50. The highest BCUT2D eigenvalue weighted by molar-refractivity contribution is 5.85. The second-order valence-electron chi connectivity index (χ2n) is 3.89. The molecule has 0 bridgehead atoms. The number of para-hydroxylation sites is 1.